The van der Waals surface area contributed by atoms with E-state index in [2.05, 4.69) is 29.3 Å². The molecule has 1 aromatic rings. The van der Waals surface area contributed by atoms with E-state index in [9.17, 15) is 0 Å². The number of hydrogen-bond donors (Lipinski definition) is 2. The van der Waals surface area contributed by atoms with Crippen LogP contribution < -0.4 is 10.6 Å². The zero-order valence-electron chi connectivity index (χ0n) is 7.80. The van der Waals surface area contributed by atoms with Crippen molar-refractivity contribution >= 4 is 11.4 Å². The summed E-state index contributed by atoms with van der Waals surface area (Å²) in [6.45, 7) is 6.92. The Balaban J connectivity index is 2.24. The summed E-state index contributed by atoms with van der Waals surface area (Å²) in [5, 5.41) is 6.81. The van der Waals surface area contributed by atoms with Gasteiger partial charge in [-0.05, 0) is 19.1 Å². The third kappa shape index (κ3) is 1.52. The van der Waals surface area contributed by atoms with Crippen LogP contribution in [-0.4, -0.2) is 12.6 Å². The maximum atomic E-state index is 3.95. The standard InChI is InChI=1S/C11H14N2/c1-8(2)11-7-12-9-5-3-4-6-10(9)13-11/h3-6,11-13H,1,7H2,2H3. The molecule has 0 saturated carbocycles. The monoisotopic (exact) mass is 174 g/mol. The van der Waals surface area contributed by atoms with E-state index in [1.165, 1.54) is 16.9 Å². The van der Waals surface area contributed by atoms with Crippen LogP contribution in [-0.2, 0) is 0 Å². The van der Waals surface area contributed by atoms with Gasteiger partial charge in [0.25, 0.3) is 0 Å². The van der Waals surface area contributed by atoms with E-state index >= 15 is 0 Å². The van der Waals surface area contributed by atoms with Gasteiger partial charge in [-0.15, -0.1) is 0 Å². The van der Waals surface area contributed by atoms with Gasteiger partial charge in [0.05, 0.1) is 17.4 Å². The first-order valence-electron chi connectivity index (χ1n) is 4.52. The molecular weight excluding hydrogens is 160 g/mol. The number of anilines is 2. The van der Waals surface area contributed by atoms with Crippen LogP contribution in [0.3, 0.4) is 0 Å². The summed E-state index contributed by atoms with van der Waals surface area (Å²) in [5.74, 6) is 0. The molecule has 0 aliphatic carbocycles. The van der Waals surface area contributed by atoms with Crippen molar-refractivity contribution in [1.29, 1.82) is 0 Å². The Labute approximate surface area is 78.7 Å². The Morgan fingerprint density at radius 1 is 1.38 bits per heavy atom. The van der Waals surface area contributed by atoms with Crippen LogP contribution in [0.5, 0.6) is 0 Å². The molecule has 2 rings (SSSR count). The Bertz CT molecular complexity index is 331. The molecule has 1 atom stereocenters. The molecule has 0 bridgehead atoms. The van der Waals surface area contributed by atoms with Crippen LogP contribution in [0, 0.1) is 0 Å². The largest absolute Gasteiger partial charge is 0.381 e. The highest BCUT2D eigenvalue weighted by Gasteiger charge is 2.16. The second kappa shape index (κ2) is 3.13. The van der Waals surface area contributed by atoms with E-state index in [0.717, 1.165) is 6.54 Å². The maximum absolute atomic E-state index is 3.95. The van der Waals surface area contributed by atoms with Gasteiger partial charge in [-0.2, -0.15) is 0 Å². The van der Waals surface area contributed by atoms with Crippen molar-refractivity contribution in [3.8, 4) is 0 Å². The number of benzene rings is 1. The van der Waals surface area contributed by atoms with Gasteiger partial charge in [-0.25, -0.2) is 0 Å². The second-order valence-electron chi connectivity index (χ2n) is 3.47. The summed E-state index contributed by atoms with van der Waals surface area (Å²) in [6, 6.07) is 8.59. The third-order valence-corrected chi connectivity index (χ3v) is 2.35. The van der Waals surface area contributed by atoms with Crippen LogP contribution >= 0.6 is 0 Å². The lowest BCUT2D eigenvalue weighted by atomic mass is 10.1. The first-order chi connectivity index (χ1) is 6.27. The molecule has 68 valence electrons. The molecule has 1 aromatic carbocycles. The lowest BCUT2D eigenvalue weighted by Gasteiger charge is -2.28. The van der Waals surface area contributed by atoms with Crippen LogP contribution in [0.4, 0.5) is 11.4 Å². The highest BCUT2D eigenvalue weighted by atomic mass is 15.1. The fourth-order valence-electron chi connectivity index (χ4n) is 1.51. The normalized spacial score (nSPS) is 19.6. The van der Waals surface area contributed by atoms with Gasteiger partial charge < -0.3 is 10.6 Å². The molecule has 0 saturated heterocycles. The Hall–Kier alpha value is -1.44. The van der Waals surface area contributed by atoms with Crippen LogP contribution in [0.15, 0.2) is 36.4 Å². The van der Waals surface area contributed by atoms with Crippen molar-refractivity contribution in [2.45, 2.75) is 13.0 Å². The fourth-order valence-corrected chi connectivity index (χ4v) is 1.51. The molecule has 1 aliphatic rings. The average molecular weight is 174 g/mol. The summed E-state index contributed by atoms with van der Waals surface area (Å²) in [4.78, 5) is 0. The number of hydrogen-bond acceptors (Lipinski definition) is 2. The van der Waals surface area contributed by atoms with Gasteiger partial charge in [-0.3, -0.25) is 0 Å². The Morgan fingerprint density at radius 2 is 2.08 bits per heavy atom. The molecule has 2 heteroatoms. The van der Waals surface area contributed by atoms with Gasteiger partial charge >= 0.3 is 0 Å². The minimum absolute atomic E-state index is 0.356. The van der Waals surface area contributed by atoms with Gasteiger partial charge in [0.1, 0.15) is 0 Å². The molecule has 0 aromatic heterocycles. The van der Waals surface area contributed by atoms with Gasteiger partial charge in [0, 0.05) is 6.54 Å². The molecular formula is C11H14N2. The van der Waals surface area contributed by atoms with Gasteiger partial charge in [-0.1, -0.05) is 24.3 Å². The van der Waals surface area contributed by atoms with Crippen molar-refractivity contribution in [3.63, 3.8) is 0 Å². The van der Waals surface area contributed by atoms with E-state index < -0.39 is 0 Å². The van der Waals surface area contributed by atoms with E-state index in [0.29, 0.717) is 6.04 Å². The average Bonchev–Trinajstić information content (AvgIpc) is 2.17. The quantitative estimate of drug-likeness (QED) is 0.639. The first kappa shape index (κ1) is 8.17. The predicted molar refractivity (Wildman–Crippen MR) is 57.2 cm³/mol. The lowest BCUT2D eigenvalue weighted by molar-refractivity contribution is 0.845. The van der Waals surface area contributed by atoms with Crippen molar-refractivity contribution < 1.29 is 0 Å². The molecule has 1 unspecified atom stereocenters. The molecule has 1 aliphatic heterocycles. The predicted octanol–water partition coefficient (Wildman–Crippen LogP) is 2.47. The SMILES string of the molecule is C=C(C)C1CNc2ccccc2N1. The number of nitrogens with one attached hydrogen (secondary N) is 2. The molecule has 2 N–H and O–H groups in total. The Kier molecular flexibility index (Phi) is 1.97. The third-order valence-electron chi connectivity index (χ3n) is 2.35. The minimum Gasteiger partial charge on any atom is -0.381 e. The number of rotatable bonds is 1. The summed E-state index contributed by atoms with van der Waals surface area (Å²) in [7, 11) is 0. The number of para-hydroxylation sites is 2. The molecule has 0 fully saturated rings. The van der Waals surface area contributed by atoms with Crippen LogP contribution in [0.2, 0.25) is 0 Å². The van der Waals surface area contributed by atoms with Crippen molar-refractivity contribution in [2.24, 2.45) is 0 Å². The van der Waals surface area contributed by atoms with Crippen LogP contribution in [0.25, 0.3) is 0 Å². The summed E-state index contributed by atoms with van der Waals surface area (Å²) < 4.78 is 0. The topological polar surface area (TPSA) is 24.1 Å². The molecule has 2 nitrogen and oxygen atoms in total. The van der Waals surface area contributed by atoms with E-state index in [4.69, 9.17) is 0 Å². The Morgan fingerprint density at radius 3 is 2.77 bits per heavy atom. The van der Waals surface area contributed by atoms with Gasteiger partial charge in [0.15, 0.2) is 0 Å². The zero-order valence-corrected chi connectivity index (χ0v) is 7.80. The summed E-state index contributed by atoms with van der Waals surface area (Å²) in [6.07, 6.45) is 0. The highest BCUT2D eigenvalue weighted by molar-refractivity contribution is 5.71. The van der Waals surface area contributed by atoms with Crippen molar-refractivity contribution in [2.75, 3.05) is 17.2 Å². The molecule has 0 radical (unpaired) electrons. The van der Waals surface area contributed by atoms with E-state index in [1.807, 2.05) is 19.1 Å². The second-order valence-corrected chi connectivity index (χ2v) is 3.47. The highest BCUT2D eigenvalue weighted by Crippen LogP contribution is 2.26. The lowest BCUT2D eigenvalue weighted by Crippen LogP contribution is -2.33. The van der Waals surface area contributed by atoms with Crippen molar-refractivity contribution in [1.82, 2.24) is 0 Å². The minimum atomic E-state index is 0.356. The number of fused-ring (bicyclic) bond motifs is 1. The summed E-state index contributed by atoms with van der Waals surface area (Å²) in [5.41, 5.74) is 3.52. The van der Waals surface area contributed by atoms with E-state index in [-0.39, 0.29) is 0 Å². The molecule has 13 heavy (non-hydrogen) atoms. The summed E-state index contributed by atoms with van der Waals surface area (Å²) >= 11 is 0. The molecule has 1 heterocycles. The fraction of sp³-hybridized carbons (Fsp3) is 0.273. The maximum Gasteiger partial charge on any atom is 0.0641 e. The van der Waals surface area contributed by atoms with E-state index in [1.54, 1.807) is 0 Å². The van der Waals surface area contributed by atoms with Crippen LogP contribution in [0.1, 0.15) is 6.92 Å². The molecule has 0 spiro atoms. The zero-order chi connectivity index (χ0) is 9.26. The van der Waals surface area contributed by atoms with Gasteiger partial charge in [0.2, 0.25) is 0 Å². The smallest absolute Gasteiger partial charge is 0.0641 e. The first-order valence-corrected chi connectivity index (χ1v) is 4.52. The molecule has 0 amide bonds. The van der Waals surface area contributed by atoms with Crippen molar-refractivity contribution in [3.05, 3.63) is 36.4 Å².